The number of rotatable bonds is 3. The molecule has 1 aliphatic heterocycles. The van der Waals surface area contributed by atoms with Crippen molar-refractivity contribution >= 4 is 17.3 Å². The lowest BCUT2D eigenvalue weighted by molar-refractivity contribution is -0.385. The lowest BCUT2D eigenvalue weighted by Crippen LogP contribution is -2.28. The summed E-state index contributed by atoms with van der Waals surface area (Å²) in [7, 11) is 0. The minimum atomic E-state index is -0.445. The smallest absolute Gasteiger partial charge is 0.274 e. The number of nitrogens with zero attached hydrogens (tertiary/aromatic N) is 1. The Bertz CT molecular complexity index is 495. The number of nitro benzene ring substituents is 1. The van der Waals surface area contributed by atoms with Crippen LogP contribution in [0.3, 0.4) is 0 Å². The average molecular weight is 264 g/mol. The van der Waals surface area contributed by atoms with Gasteiger partial charge < -0.3 is 10.1 Å². The molecule has 102 valence electrons. The Morgan fingerprint density at radius 1 is 1.42 bits per heavy atom. The molecule has 0 unspecified atom stereocenters. The number of anilines is 1. The number of nitrogens with one attached hydrogen (secondary N) is 1. The molecule has 2 rings (SSSR count). The number of amides is 1. The van der Waals surface area contributed by atoms with Crippen LogP contribution in [0.4, 0.5) is 11.4 Å². The summed E-state index contributed by atoms with van der Waals surface area (Å²) in [6.45, 7) is 2.82. The van der Waals surface area contributed by atoms with E-state index in [-0.39, 0.29) is 17.5 Å². The summed E-state index contributed by atoms with van der Waals surface area (Å²) in [4.78, 5) is 22.5. The highest BCUT2D eigenvalue weighted by molar-refractivity contribution is 5.93. The van der Waals surface area contributed by atoms with Crippen LogP contribution in [0.1, 0.15) is 18.4 Å². The summed E-state index contributed by atoms with van der Waals surface area (Å²) < 4.78 is 5.21. The van der Waals surface area contributed by atoms with Gasteiger partial charge >= 0.3 is 0 Å². The van der Waals surface area contributed by atoms with Gasteiger partial charge in [0.1, 0.15) is 0 Å². The maximum atomic E-state index is 12.1. The molecule has 1 fully saturated rings. The second kappa shape index (κ2) is 5.79. The molecule has 0 atom stereocenters. The van der Waals surface area contributed by atoms with Crippen molar-refractivity contribution in [1.82, 2.24) is 0 Å². The fourth-order valence-corrected chi connectivity index (χ4v) is 2.15. The molecule has 1 heterocycles. The quantitative estimate of drug-likeness (QED) is 0.670. The summed E-state index contributed by atoms with van der Waals surface area (Å²) in [6.07, 6.45) is 1.39. The van der Waals surface area contributed by atoms with Crippen LogP contribution in [0, 0.1) is 23.0 Å². The molecular weight excluding hydrogens is 248 g/mol. The van der Waals surface area contributed by atoms with Crippen LogP contribution in [0.15, 0.2) is 18.2 Å². The fourth-order valence-electron chi connectivity index (χ4n) is 2.15. The van der Waals surface area contributed by atoms with Crippen molar-refractivity contribution in [2.75, 3.05) is 18.5 Å². The molecule has 1 N–H and O–H groups in total. The highest BCUT2D eigenvalue weighted by Gasteiger charge is 2.23. The monoisotopic (exact) mass is 264 g/mol. The predicted molar refractivity (Wildman–Crippen MR) is 70.0 cm³/mol. The number of hydrogen-bond acceptors (Lipinski definition) is 4. The first kappa shape index (κ1) is 13.5. The molecule has 1 aromatic carbocycles. The van der Waals surface area contributed by atoms with Crippen LogP contribution in [0.5, 0.6) is 0 Å². The topological polar surface area (TPSA) is 81.5 Å². The first-order valence-corrected chi connectivity index (χ1v) is 6.22. The molecule has 0 saturated carbocycles. The summed E-state index contributed by atoms with van der Waals surface area (Å²) in [5.41, 5.74) is 1.00. The van der Waals surface area contributed by atoms with E-state index in [1.807, 2.05) is 0 Å². The normalized spacial score (nSPS) is 16.1. The molecule has 6 heteroatoms. The largest absolute Gasteiger partial charge is 0.381 e. The van der Waals surface area contributed by atoms with Crippen molar-refractivity contribution < 1.29 is 14.5 Å². The fraction of sp³-hybridized carbons (Fsp3) is 0.462. The van der Waals surface area contributed by atoms with Gasteiger partial charge in [-0.05, 0) is 25.8 Å². The van der Waals surface area contributed by atoms with E-state index < -0.39 is 4.92 Å². The van der Waals surface area contributed by atoms with E-state index in [1.54, 1.807) is 19.1 Å². The lowest BCUT2D eigenvalue weighted by atomic mass is 9.99. The number of carbonyl (C=O) groups excluding carboxylic acids is 1. The molecule has 0 spiro atoms. The van der Waals surface area contributed by atoms with Crippen LogP contribution in [0.2, 0.25) is 0 Å². The van der Waals surface area contributed by atoms with Gasteiger partial charge in [0, 0.05) is 25.2 Å². The number of carbonyl (C=O) groups is 1. The maximum Gasteiger partial charge on any atom is 0.274 e. The summed E-state index contributed by atoms with van der Waals surface area (Å²) in [5, 5.41) is 13.6. The summed E-state index contributed by atoms with van der Waals surface area (Å²) in [5.74, 6) is -0.167. The van der Waals surface area contributed by atoms with Gasteiger partial charge in [0.2, 0.25) is 5.91 Å². The van der Waals surface area contributed by atoms with E-state index in [4.69, 9.17) is 4.74 Å². The van der Waals surface area contributed by atoms with Gasteiger partial charge in [0.15, 0.2) is 0 Å². The summed E-state index contributed by atoms with van der Waals surface area (Å²) in [6, 6.07) is 4.68. The standard InChI is InChI=1S/C13H16N2O4/c1-9-11(3-2-4-12(9)15(17)18)14-13(16)10-5-7-19-8-6-10/h2-4,10H,5-8H2,1H3,(H,14,16). The Morgan fingerprint density at radius 3 is 2.74 bits per heavy atom. The molecule has 1 aromatic rings. The van der Waals surface area contributed by atoms with E-state index in [2.05, 4.69) is 5.32 Å². The van der Waals surface area contributed by atoms with Crippen molar-refractivity contribution in [2.45, 2.75) is 19.8 Å². The Balaban J connectivity index is 2.12. The molecule has 1 saturated heterocycles. The highest BCUT2D eigenvalue weighted by atomic mass is 16.6. The Hall–Kier alpha value is -1.95. The first-order valence-electron chi connectivity index (χ1n) is 6.22. The first-order chi connectivity index (χ1) is 9.09. The van der Waals surface area contributed by atoms with Gasteiger partial charge in [-0.15, -0.1) is 0 Å². The number of ether oxygens (including phenoxy) is 1. The third-order valence-corrected chi connectivity index (χ3v) is 3.35. The molecule has 19 heavy (non-hydrogen) atoms. The third kappa shape index (κ3) is 3.08. The van der Waals surface area contributed by atoms with E-state index in [1.165, 1.54) is 6.07 Å². The third-order valence-electron chi connectivity index (χ3n) is 3.35. The Labute approximate surface area is 110 Å². The SMILES string of the molecule is Cc1c(NC(=O)C2CCOCC2)cccc1[N+](=O)[O-]. The minimum Gasteiger partial charge on any atom is -0.381 e. The molecule has 0 bridgehead atoms. The summed E-state index contributed by atoms with van der Waals surface area (Å²) >= 11 is 0. The van der Waals surface area contributed by atoms with Crippen LogP contribution >= 0.6 is 0 Å². The van der Waals surface area contributed by atoms with Gasteiger partial charge in [0.05, 0.1) is 16.2 Å². The second-order valence-electron chi connectivity index (χ2n) is 4.58. The van der Waals surface area contributed by atoms with E-state index in [9.17, 15) is 14.9 Å². The van der Waals surface area contributed by atoms with E-state index in [0.717, 1.165) is 0 Å². The molecule has 0 radical (unpaired) electrons. The van der Waals surface area contributed by atoms with Gasteiger partial charge in [-0.25, -0.2) is 0 Å². The van der Waals surface area contributed by atoms with Crippen molar-refractivity contribution in [2.24, 2.45) is 5.92 Å². The number of hydrogen-bond donors (Lipinski definition) is 1. The van der Waals surface area contributed by atoms with Gasteiger partial charge in [-0.3, -0.25) is 14.9 Å². The van der Waals surface area contributed by atoms with Crippen LogP contribution < -0.4 is 5.32 Å². The zero-order chi connectivity index (χ0) is 13.8. The average Bonchev–Trinajstić information content (AvgIpc) is 2.41. The van der Waals surface area contributed by atoms with E-state index in [0.29, 0.717) is 37.3 Å². The molecule has 6 nitrogen and oxygen atoms in total. The second-order valence-corrected chi connectivity index (χ2v) is 4.58. The maximum absolute atomic E-state index is 12.1. The van der Waals surface area contributed by atoms with Crippen LogP contribution in [-0.4, -0.2) is 24.0 Å². The van der Waals surface area contributed by atoms with Crippen LogP contribution in [0.25, 0.3) is 0 Å². The molecule has 1 amide bonds. The zero-order valence-electron chi connectivity index (χ0n) is 10.7. The number of nitro groups is 1. The predicted octanol–water partition coefficient (Wildman–Crippen LogP) is 2.27. The molecular formula is C13H16N2O4. The molecule has 0 aromatic heterocycles. The molecule has 1 aliphatic rings. The lowest BCUT2D eigenvalue weighted by Gasteiger charge is -2.21. The van der Waals surface area contributed by atoms with Crippen molar-refractivity contribution in [3.8, 4) is 0 Å². The van der Waals surface area contributed by atoms with Crippen molar-refractivity contribution in [3.05, 3.63) is 33.9 Å². The van der Waals surface area contributed by atoms with Gasteiger partial charge in [-0.2, -0.15) is 0 Å². The van der Waals surface area contributed by atoms with Crippen molar-refractivity contribution in [3.63, 3.8) is 0 Å². The number of benzene rings is 1. The minimum absolute atomic E-state index is 0.0183. The Kier molecular flexibility index (Phi) is 4.11. The highest BCUT2D eigenvalue weighted by Crippen LogP contribution is 2.26. The van der Waals surface area contributed by atoms with Gasteiger partial charge in [-0.1, -0.05) is 6.07 Å². The zero-order valence-corrected chi connectivity index (χ0v) is 10.7. The van der Waals surface area contributed by atoms with Crippen molar-refractivity contribution in [1.29, 1.82) is 0 Å². The molecule has 0 aliphatic carbocycles. The van der Waals surface area contributed by atoms with E-state index >= 15 is 0 Å². The van der Waals surface area contributed by atoms with Gasteiger partial charge in [0.25, 0.3) is 5.69 Å². The van der Waals surface area contributed by atoms with Crippen LogP contribution in [-0.2, 0) is 9.53 Å². The Morgan fingerprint density at radius 2 is 2.11 bits per heavy atom.